The number of para-hydroxylation sites is 2. The number of methoxy groups -OCH3 is 1. The van der Waals surface area contributed by atoms with Gasteiger partial charge in [0.2, 0.25) is 0 Å². The number of amides is 1. The molecule has 2 aromatic heterocycles. The molecule has 1 amide bonds. The van der Waals surface area contributed by atoms with Crippen LogP contribution < -0.4 is 15.0 Å². The molecular formula is C26H29N4O3+. The van der Waals surface area contributed by atoms with Crippen LogP contribution in [-0.4, -0.2) is 62.4 Å². The number of hydrogen-bond acceptors (Lipinski definition) is 4. The molecule has 3 N–H and O–H groups in total. The molecular weight excluding hydrogens is 416 g/mol. The third-order valence-corrected chi connectivity index (χ3v) is 6.28. The van der Waals surface area contributed by atoms with Crippen molar-refractivity contribution in [1.29, 1.82) is 0 Å². The van der Waals surface area contributed by atoms with Gasteiger partial charge in [0.05, 0.1) is 38.1 Å². The Labute approximate surface area is 192 Å². The van der Waals surface area contributed by atoms with Crippen LogP contribution in [0.3, 0.4) is 0 Å². The number of quaternary nitrogens is 1. The third kappa shape index (κ3) is 4.42. The number of hydrogen-bond donors (Lipinski definition) is 3. The second-order valence-electron chi connectivity index (χ2n) is 8.37. The number of aromatic amines is 1. The lowest BCUT2D eigenvalue weighted by Crippen LogP contribution is -3.14. The highest BCUT2D eigenvalue weighted by Crippen LogP contribution is 2.36. The van der Waals surface area contributed by atoms with Crippen LogP contribution in [0, 0.1) is 0 Å². The van der Waals surface area contributed by atoms with Crippen LogP contribution >= 0.6 is 0 Å². The molecule has 0 bridgehead atoms. The molecule has 0 radical (unpaired) electrons. The number of rotatable bonds is 7. The summed E-state index contributed by atoms with van der Waals surface area (Å²) in [6.07, 6.45) is 0.926. The minimum atomic E-state index is -0.157. The maximum atomic E-state index is 13.1. The number of fused-ring (bicyclic) bond motifs is 3. The smallest absolute Gasteiger partial charge is 0.269 e. The van der Waals surface area contributed by atoms with Crippen molar-refractivity contribution in [2.45, 2.75) is 6.42 Å². The Bertz CT molecular complexity index is 1280. The van der Waals surface area contributed by atoms with Crippen LogP contribution in [0.15, 0.2) is 54.6 Å². The Balaban J connectivity index is 1.46. The van der Waals surface area contributed by atoms with Gasteiger partial charge in [0.1, 0.15) is 24.5 Å². The number of ether oxygens (including phenoxy) is 2. The first-order chi connectivity index (χ1) is 16.2. The average Bonchev–Trinajstić information content (AvgIpc) is 3.25. The molecule has 33 heavy (non-hydrogen) atoms. The highest BCUT2D eigenvalue weighted by molar-refractivity contribution is 6.13. The highest BCUT2D eigenvalue weighted by atomic mass is 16.5. The van der Waals surface area contributed by atoms with E-state index in [-0.39, 0.29) is 5.91 Å². The van der Waals surface area contributed by atoms with Crippen LogP contribution in [0.4, 0.5) is 0 Å². The van der Waals surface area contributed by atoms with Crippen molar-refractivity contribution in [1.82, 2.24) is 15.3 Å². The molecule has 0 aliphatic carbocycles. The lowest BCUT2D eigenvalue weighted by Gasteiger charge is -2.23. The van der Waals surface area contributed by atoms with Gasteiger partial charge in [-0.3, -0.25) is 4.79 Å². The number of nitrogens with one attached hydrogen (secondary N) is 3. The highest BCUT2D eigenvalue weighted by Gasteiger charge is 2.19. The van der Waals surface area contributed by atoms with Crippen LogP contribution in [0.2, 0.25) is 0 Å². The second kappa shape index (κ2) is 9.60. The Morgan fingerprint density at radius 2 is 1.91 bits per heavy atom. The molecule has 0 saturated carbocycles. The molecule has 5 rings (SSSR count). The molecule has 0 unspecified atom stereocenters. The number of morpholine rings is 1. The summed E-state index contributed by atoms with van der Waals surface area (Å²) >= 11 is 0. The SMILES string of the molecule is COc1ccccc1-c1nc(C(=O)NCCC[NH+]2CCOCC2)cc2c1[nH]c1ccccc12. The molecule has 1 fully saturated rings. The van der Waals surface area contributed by atoms with Crippen molar-refractivity contribution in [2.24, 2.45) is 0 Å². The lowest BCUT2D eigenvalue weighted by atomic mass is 10.1. The number of carbonyl (C=O) groups excluding carboxylic acids is 1. The fourth-order valence-corrected chi connectivity index (χ4v) is 4.54. The van der Waals surface area contributed by atoms with Gasteiger partial charge < -0.3 is 24.7 Å². The summed E-state index contributed by atoms with van der Waals surface area (Å²) in [6.45, 7) is 5.37. The predicted octanol–water partition coefficient (Wildman–Crippen LogP) is 2.43. The minimum Gasteiger partial charge on any atom is -0.496 e. The molecule has 170 valence electrons. The van der Waals surface area contributed by atoms with Crippen molar-refractivity contribution in [3.63, 3.8) is 0 Å². The van der Waals surface area contributed by atoms with Gasteiger partial charge >= 0.3 is 0 Å². The number of benzene rings is 2. The summed E-state index contributed by atoms with van der Waals surface area (Å²) < 4.78 is 11.0. The zero-order valence-corrected chi connectivity index (χ0v) is 18.8. The van der Waals surface area contributed by atoms with Crippen molar-refractivity contribution in [2.75, 3.05) is 46.5 Å². The van der Waals surface area contributed by atoms with Gasteiger partial charge in [0.15, 0.2) is 0 Å². The maximum Gasteiger partial charge on any atom is 0.269 e. The van der Waals surface area contributed by atoms with E-state index >= 15 is 0 Å². The average molecular weight is 446 g/mol. The normalized spacial score (nSPS) is 14.6. The Morgan fingerprint density at radius 1 is 1.12 bits per heavy atom. The number of nitrogens with zero attached hydrogens (tertiary/aromatic N) is 1. The summed E-state index contributed by atoms with van der Waals surface area (Å²) in [6, 6.07) is 17.7. The van der Waals surface area contributed by atoms with Crippen LogP contribution in [-0.2, 0) is 4.74 Å². The van der Waals surface area contributed by atoms with Gasteiger partial charge in [-0.2, -0.15) is 0 Å². The fourth-order valence-electron chi connectivity index (χ4n) is 4.54. The van der Waals surface area contributed by atoms with Gasteiger partial charge in [-0.05, 0) is 24.3 Å². The van der Waals surface area contributed by atoms with Crippen LogP contribution in [0.25, 0.3) is 33.1 Å². The predicted molar refractivity (Wildman–Crippen MR) is 129 cm³/mol. The fraction of sp³-hybridized carbons (Fsp3) is 0.308. The first-order valence-corrected chi connectivity index (χ1v) is 11.5. The largest absolute Gasteiger partial charge is 0.496 e. The van der Waals surface area contributed by atoms with E-state index in [2.05, 4.69) is 16.4 Å². The van der Waals surface area contributed by atoms with Crippen molar-refractivity contribution < 1.29 is 19.2 Å². The second-order valence-corrected chi connectivity index (χ2v) is 8.37. The lowest BCUT2D eigenvalue weighted by molar-refractivity contribution is -0.908. The molecule has 0 atom stereocenters. The standard InChI is InChI=1S/C26H28N4O3/c1-32-23-10-5-3-8-19(23)24-25-20(18-7-2-4-9-21(18)28-25)17-22(29-24)26(31)27-11-6-12-30-13-15-33-16-14-30/h2-5,7-10,17,28H,6,11-16H2,1H3,(H,27,31)/p+1. The molecule has 7 nitrogen and oxygen atoms in total. The Morgan fingerprint density at radius 3 is 2.76 bits per heavy atom. The van der Waals surface area contributed by atoms with Gasteiger partial charge in [0.25, 0.3) is 5.91 Å². The van der Waals surface area contributed by atoms with Gasteiger partial charge in [-0.25, -0.2) is 4.98 Å². The quantitative estimate of drug-likeness (QED) is 0.382. The zero-order valence-electron chi connectivity index (χ0n) is 18.8. The molecule has 1 saturated heterocycles. The Hall–Kier alpha value is -3.42. The van der Waals surface area contributed by atoms with Crippen molar-refractivity contribution in [3.05, 3.63) is 60.3 Å². The van der Waals surface area contributed by atoms with Crippen LogP contribution in [0.1, 0.15) is 16.9 Å². The number of pyridine rings is 1. The van der Waals surface area contributed by atoms with E-state index in [1.807, 2.05) is 48.5 Å². The topological polar surface area (TPSA) is 80.7 Å². The first-order valence-electron chi connectivity index (χ1n) is 11.5. The van der Waals surface area contributed by atoms with E-state index in [9.17, 15) is 4.79 Å². The van der Waals surface area contributed by atoms with Crippen LogP contribution in [0.5, 0.6) is 5.75 Å². The molecule has 1 aliphatic heterocycles. The molecule has 7 heteroatoms. The molecule has 3 heterocycles. The zero-order chi connectivity index (χ0) is 22.6. The van der Waals surface area contributed by atoms with Crippen molar-refractivity contribution in [3.8, 4) is 17.0 Å². The monoisotopic (exact) mass is 445 g/mol. The summed E-state index contributed by atoms with van der Waals surface area (Å²) in [5.74, 6) is 0.561. The van der Waals surface area contributed by atoms with Gasteiger partial charge in [-0.1, -0.05) is 30.3 Å². The van der Waals surface area contributed by atoms with E-state index in [1.54, 1.807) is 7.11 Å². The van der Waals surface area contributed by atoms with E-state index in [4.69, 9.17) is 14.5 Å². The van der Waals surface area contributed by atoms with Gasteiger partial charge in [0, 0.05) is 34.8 Å². The van der Waals surface area contributed by atoms with Gasteiger partial charge in [-0.15, -0.1) is 0 Å². The summed E-state index contributed by atoms with van der Waals surface area (Å²) in [5.41, 5.74) is 3.88. The van der Waals surface area contributed by atoms with E-state index in [1.165, 1.54) is 4.90 Å². The number of aromatic nitrogens is 2. The maximum absolute atomic E-state index is 13.1. The van der Waals surface area contributed by atoms with E-state index in [0.717, 1.165) is 72.4 Å². The van der Waals surface area contributed by atoms with E-state index < -0.39 is 0 Å². The Kier molecular flexibility index (Phi) is 6.24. The molecule has 0 spiro atoms. The number of H-pyrrole nitrogens is 1. The minimum absolute atomic E-state index is 0.157. The summed E-state index contributed by atoms with van der Waals surface area (Å²) in [7, 11) is 1.65. The first kappa shape index (κ1) is 21.4. The molecule has 2 aromatic carbocycles. The van der Waals surface area contributed by atoms with E-state index in [0.29, 0.717) is 17.9 Å². The number of carbonyl (C=O) groups is 1. The summed E-state index contributed by atoms with van der Waals surface area (Å²) in [5, 5.41) is 5.11. The summed E-state index contributed by atoms with van der Waals surface area (Å²) in [4.78, 5) is 22.9. The third-order valence-electron chi connectivity index (χ3n) is 6.28. The molecule has 1 aliphatic rings. The molecule has 4 aromatic rings. The van der Waals surface area contributed by atoms with Crippen molar-refractivity contribution >= 4 is 27.7 Å².